The van der Waals surface area contributed by atoms with Crippen molar-refractivity contribution in [3.63, 3.8) is 0 Å². The summed E-state index contributed by atoms with van der Waals surface area (Å²) < 4.78 is 2.20. The first-order valence-corrected chi connectivity index (χ1v) is 12.3. The molecule has 8 nitrogen and oxygen atoms in total. The molecule has 1 fully saturated rings. The van der Waals surface area contributed by atoms with E-state index in [2.05, 4.69) is 10.4 Å². The molecule has 1 amide bonds. The molecule has 0 aliphatic heterocycles. The average Bonchev–Trinajstić information content (AvgIpc) is 3.08. The van der Waals surface area contributed by atoms with Crippen molar-refractivity contribution in [1.82, 2.24) is 19.7 Å². The summed E-state index contributed by atoms with van der Waals surface area (Å²) in [5, 5.41) is 17.8. The van der Waals surface area contributed by atoms with Gasteiger partial charge in [0.15, 0.2) is 0 Å². The molecule has 1 aliphatic carbocycles. The van der Waals surface area contributed by atoms with Crippen LogP contribution in [0.3, 0.4) is 0 Å². The zero-order valence-corrected chi connectivity index (χ0v) is 20.2. The Bertz CT molecular complexity index is 1290. The normalized spacial score (nSPS) is 15.4. The molecule has 0 spiro atoms. The van der Waals surface area contributed by atoms with E-state index < -0.39 is 22.8 Å². The molecule has 2 N–H and O–H groups in total. The van der Waals surface area contributed by atoms with E-state index in [1.54, 1.807) is 6.07 Å². The van der Waals surface area contributed by atoms with E-state index in [-0.39, 0.29) is 23.7 Å². The Balaban J connectivity index is 1.55. The van der Waals surface area contributed by atoms with Crippen molar-refractivity contribution in [3.05, 3.63) is 91.7 Å². The smallest absolute Gasteiger partial charge is 0.352 e. The molecule has 1 heterocycles. The molecule has 2 aromatic carbocycles. The van der Waals surface area contributed by atoms with Crippen molar-refractivity contribution in [2.45, 2.75) is 57.1 Å². The predicted octanol–water partition coefficient (Wildman–Crippen LogP) is 3.11. The second-order valence-corrected chi connectivity index (χ2v) is 9.46. The van der Waals surface area contributed by atoms with Crippen LogP contribution in [0.2, 0.25) is 5.02 Å². The maximum absolute atomic E-state index is 13.1. The lowest BCUT2D eigenvalue weighted by molar-refractivity contribution is 0.0246. The maximum Gasteiger partial charge on any atom is 0.352 e. The Morgan fingerprint density at radius 1 is 1.06 bits per heavy atom. The predicted molar refractivity (Wildman–Crippen MR) is 134 cm³/mol. The number of hydrogen-bond acceptors (Lipinski definition) is 5. The molecule has 1 aromatic heterocycles. The van der Waals surface area contributed by atoms with E-state index >= 15 is 0 Å². The number of aromatic nitrogens is 3. The molecule has 0 radical (unpaired) electrons. The summed E-state index contributed by atoms with van der Waals surface area (Å²) in [4.78, 5) is 38.3. The van der Waals surface area contributed by atoms with E-state index in [0.29, 0.717) is 24.9 Å². The number of amides is 1. The minimum absolute atomic E-state index is 0.134. The molecule has 0 unspecified atom stereocenters. The summed E-state index contributed by atoms with van der Waals surface area (Å²) in [6.07, 6.45) is 6.91. The Hall–Kier alpha value is -3.23. The average molecular weight is 497 g/mol. The van der Waals surface area contributed by atoms with Crippen LogP contribution in [0.4, 0.5) is 0 Å². The lowest BCUT2D eigenvalue weighted by Gasteiger charge is -2.26. The van der Waals surface area contributed by atoms with Crippen molar-refractivity contribution in [1.29, 1.82) is 0 Å². The van der Waals surface area contributed by atoms with Gasteiger partial charge in [0.05, 0.1) is 21.9 Å². The Morgan fingerprint density at radius 2 is 1.77 bits per heavy atom. The van der Waals surface area contributed by atoms with Crippen molar-refractivity contribution < 1.29 is 9.90 Å². The number of benzene rings is 2. The lowest BCUT2D eigenvalue weighted by atomic mass is 9.94. The second-order valence-electron chi connectivity index (χ2n) is 9.05. The molecule has 0 saturated heterocycles. The molecule has 0 atom stereocenters. The number of carbonyl (C=O) groups excluding carboxylic acids is 1. The molecule has 4 rings (SSSR count). The van der Waals surface area contributed by atoms with Gasteiger partial charge in [-0.1, -0.05) is 67.6 Å². The molecule has 1 saturated carbocycles. The van der Waals surface area contributed by atoms with E-state index in [1.807, 2.05) is 30.3 Å². The number of aryl methyl sites for hydroxylation is 1. The third kappa shape index (κ3) is 6.07. The van der Waals surface area contributed by atoms with E-state index in [4.69, 9.17) is 11.6 Å². The van der Waals surface area contributed by atoms with Crippen LogP contribution in [-0.4, -0.2) is 37.5 Å². The van der Waals surface area contributed by atoms with Crippen molar-refractivity contribution in [2.24, 2.45) is 0 Å². The van der Waals surface area contributed by atoms with Gasteiger partial charge in [-0.3, -0.25) is 14.2 Å². The van der Waals surface area contributed by atoms with Crippen LogP contribution in [0.5, 0.6) is 0 Å². The van der Waals surface area contributed by atoms with Crippen molar-refractivity contribution >= 4 is 17.5 Å². The number of halogens is 1. The van der Waals surface area contributed by atoms with Gasteiger partial charge in [0.25, 0.3) is 11.5 Å². The van der Waals surface area contributed by atoms with E-state index in [0.717, 1.165) is 46.7 Å². The van der Waals surface area contributed by atoms with Crippen LogP contribution in [0.25, 0.3) is 5.69 Å². The van der Waals surface area contributed by atoms with Gasteiger partial charge in [-0.2, -0.15) is 9.78 Å². The molecule has 35 heavy (non-hydrogen) atoms. The zero-order valence-electron chi connectivity index (χ0n) is 19.5. The standard InChI is InChI=1S/C26H29ClN4O4/c27-22-11-10-20(16-21(22)24(33)28-18-26(35)13-6-1-2-7-14-26)31-25(34)30(23(32)17-29-31)15-12-19-8-4-3-5-9-19/h3-5,8-11,16-17,35H,1-2,6-7,12-15,18H2,(H,28,33). The summed E-state index contributed by atoms with van der Waals surface area (Å²) in [6.45, 7) is 0.332. The van der Waals surface area contributed by atoms with Crippen LogP contribution in [0.15, 0.2) is 64.3 Å². The summed E-state index contributed by atoms with van der Waals surface area (Å²) in [5.41, 5.74) is -0.546. The summed E-state index contributed by atoms with van der Waals surface area (Å²) in [7, 11) is 0. The molecule has 9 heteroatoms. The number of hydrogen-bond donors (Lipinski definition) is 2. The summed E-state index contributed by atoms with van der Waals surface area (Å²) in [5.74, 6) is -0.444. The molecule has 3 aromatic rings. The van der Waals surface area contributed by atoms with Gasteiger partial charge in [0, 0.05) is 13.1 Å². The highest BCUT2D eigenvalue weighted by atomic mass is 35.5. The quantitative estimate of drug-likeness (QED) is 0.489. The topological polar surface area (TPSA) is 106 Å². The van der Waals surface area contributed by atoms with Crippen LogP contribution >= 0.6 is 11.6 Å². The first-order chi connectivity index (χ1) is 16.9. The number of nitrogens with one attached hydrogen (secondary N) is 1. The largest absolute Gasteiger partial charge is 0.388 e. The van der Waals surface area contributed by atoms with Gasteiger partial charge in [-0.15, -0.1) is 0 Å². The van der Waals surface area contributed by atoms with Crippen LogP contribution < -0.4 is 16.6 Å². The fourth-order valence-corrected chi connectivity index (χ4v) is 4.63. The van der Waals surface area contributed by atoms with Gasteiger partial charge in [0.2, 0.25) is 0 Å². The SMILES string of the molecule is O=C(NCC1(O)CCCCCC1)c1cc(-n2ncc(=O)n(CCc3ccccc3)c2=O)ccc1Cl. The Kier molecular flexibility index (Phi) is 7.83. The first-order valence-electron chi connectivity index (χ1n) is 11.9. The third-order valence-corrected chi connectivity index (χ3v) is 6.81. The highest BCUT2D eigenvalue weighted by Crippen LogP contribution is 2.27. The molecule has 0 bridgehead atoms. The highest BCUT2D eigenvalue weighted by Gasteiger charge is 2.28. The summed E-state index contributed by atoms with van der Waals surface area (Å²) in [6, 6.07) is 14.1. The fourth-order valence-electron chi connectivity index (χ4n) is 4.43. The maximum atomic E-state index is 13.1. The van der Waals surface area contributed by atoms with Crippen LogP contribution in [0, 0.1) is 0 Å². The van der Waals surface area contributed by atoms with Crippen LogP contribution in [-0.2, 0) is 13.0 Å². The monoisotopic (exact) mass is 496 g/mol. The van der Waals surface area contributed by atoms with E-state index in [1.165, 1.54) is 12.1 Å². The van der Waals surface area contributed by atoms with Gasteiger partial charge < -0.3 is 10.4 Å². The van der Waals surface area contributed by atoms with Gasteiger partial charge >= 0.3 is 5.69 Å². The van der Waals surface area contributed by atoms with Crippen molar-refractivity contribution in [3.8, 4) is 5.69 Å². The van der Waals surface area contributed by atoms with Crippen molar-refractivity contribution in [2.75, 3.05) is 6.54 Å². The lowest BCUT2D eigenvalue weighted by Crippen LogP contribution is -2.42. The Labute approximate surface area is 208 Å². The van der Waals surface area contributed by atoms with E-state index in [9.17, 15) is 19.5 Å². The van der Waals surface area contributed by atoms with Gasteiger partial charge in [0.1, 0.15) is 6.20 Å². The number of aliphatic hydroxyl groups is 1. The molecule has 1 aliphatic rings. The van der Waals surface area contributed by atoms with Gasteiger partial charge in [-0.25, -0.2) is 4.79 Å². The minimum atomic E-state index is -0.928. The van der Waals surface area contributed by atoms with Gasteiger partial charge in [-0.05, 0) is 43.0 Å². The number of rotatable bonds is 7. The first kappa shape index (κ1) is 24.9. The highest BCUT2D eigenvalue weighted by molar-refractivity contribution is 6.33. The number of nitrogens with zero attached hydrogens (tertiary/aromatic N) is 3. The fraction of sp³-hybridized carbons (Fsp3) is 0.385. The number of carbonyl (C=O) groups is 1. The minimum Gasteiger partial charge on any atom is -0.388 e. The molecular formula is C26H29ClN4O4. The third-order valence-electron chi connectivity index (χ3n) is 6.48. The summed E-state index contributed by atoms with van der Waals surface area (Å²) >= 11 is 6.29. The second kappa shape index (κ2) is 11.0. The van der Waals surface area contributed by atoms with Crippen LogP contribution in [0.1, 0.15) is 54.4 Å². The Morgan fingerprint density at radius 3 is 2.49 bits per heavy atom. The molecule has 184 valence electrons. The zero-order chi connectivity index (χ0) is 24.8. The molecular weight excluding hydrogens is 468 g/mol.